The van der Waals surface area contributed by atoms with Crippen molar-refractivity contribution in [1.29, 1.82) is 0 Å². The maximum absolute atomic E-state index is 12.5. The number of ether oxygens (including phenoxy) is 1. The predicted octanol–water partition coefficient (Wildman–Crippen LogP) is 4.23. The molecule has 4 nitrogen and oxygen atoms in total. The Balaban J connectivity index is 1.86. The number of hydrogen-bond acceptors (Lipinski definition) is 4. The van der Waals surface area contributed by atoms with Gasteiger partial charge in [-0.3, -0.25) is 4.79 Å². The molecule has 0 aliphatic carbocycles. The van der Waals surface area contributed by atoms with Gasteiger partial charge in [0, 0.05) is 18.2 Å². The maximum atomic E-state index is 12.5. The minimum Gasteiger partial charge on any atom is -0.478 e. The van der Waals surface area contributed by atoms with Crippen molar-refractivity contribution >= 4 is 28.8 Å². The number of nitrogens with one attached hydrogen (secondary N) is 1. The monoisotopic (exact) mass is 381 g/mol. The van der Waals surface area contributed by atoms with Crippen molar-refractivity contribution in [2.75, 3.05) is 13.2 Å². The van der Waals surface area contributed by atoms with E-state index in [0.717, 1.165) is 6.42 Å². The number of amides is 1. The third-order valence-electron chi connectivity index (χ3n) is 4.00. The van der Waals surface area contributed by atoms with Gasteiger partial charge in [-0.25, -0.2) is 0 Å². The minimum absolute atomic E-state index is 0.139. The number of carbonyl (C=O) groups excluding carboxylic acids is 1. The largest absolute Gasteiger partial charge is 0.478 e. The lowest BCUT2D eigenvalue weighted by molar-refractivity contribution is -0.134. The van der Waals surface area contributed by atoms with E-state index >= 15 is 0 Å². The molecule has 1 aromatic carbocycles. The second-order valence-corrected chi connectivity index (χ2v) is 7.59. The molecule has 0 fully saturated rings. The summed E-state index contributed by atoms with van der Waals surface area (Å²) in [7, 11) is 0. The van der Waals surface area contributed by atoms with Gasteiger partial charge in [-0.1, -0.05) is 11.6 Å². The number of aliphatic hydroxyl groups excluding tert-OH is 1. The van der Waals surface area contributed by atoms with Crippen LogP contribution in [-0.4, -0.2) is 29.8 Å². The van der Waals surface area contributed by atoms with Gasteiger partial charge in [-0.2, -0.15) is 11.3 Å². The van der Waals surface area contributed by atoms with E-state index in [-0.39, 0.29) is 18.4 Å². The Labute approximate surface area is 157 Å². The number of hydrogen-bond donors (Lipinski definition) is 2. The molecule has 136 valence electrons. The molecule has 0 saturated heterocycles. The summed E-state index contributed by atoms with van der Waals surface area (Å²) < 4.78 is 5.79. The topological polar surface area (TPSA) is 58.6 Å². The average molecular weight is 382 g/mol. The lowest BCUT2D eigenvalue weighted by atomic mass is 9.95. The van der Waals surface area contributed by atoms with Gasteiger partial charge in [0.1, 0.15) is 5.75 Å². The number of carbonyl (C=O) groups is 1. The highest BCUT2D eigenvalue weighted by Crippen LogP contribution is 2.25. The molecule has 2 aromatic rings. The summed E-state index contributed by atoms with van der Waals surface area (Å²) >= 11 is 7.50. The molecule has 25 heavy (non-hydrogen) atoms. The van der Waals surface area contributed by atoms with Crippen molar-refractivity contribution in [1.82, 2.24) is 5.32 Å². The number of benzene rings is 1. The molecular formula is C19H24ClNO3S. The SMILES string of the molecule is CC(C)(Oc1ccc(Cl)cc1)C(=O)NCC[C@@H](CCO)c1ccsc1. The van der Waals surface area contributed by atoms with Crippen LogP contribution in [0.2, 0.25) is 5.02 Å². The van der Waals surface area contributed by atoms with Gasteiger partial charge in [-0.05, 0) is 79.3 Å². The predicted molar refractivity (Wildman–Crippen MR) is 103 cm³/mol. The average Bonchev–Trinajstić information content (AvgIpc) is 3.10. The highest BCUT2D eigenvalue weighted by Gasteiger charge is 2.29. The zero-order valence-corrected chi connectivity index (χ0v) is 16.1. The van der Waals surface area contributed by atoms with E-state index in [0.29, 0.717) is 23.7 Å². The zero-order valence-electron chi connectivity index (χ0n) is 14.5. The van der Waals surface area contributed by atoms with Crippen LogP contribution in [0.3, 0.4) is 0 Å². The van der Waals surface area contributed by atoms with Crippen LogP contribution in [0.5, 0.6) is 5.75 Å². The summed E-state index contributed by atoms with van der Waals surface area (Å²) in [5.74, 6) is 0.674. The third kappa shape index (κ3) is 6.03. The molecule has 0 bridgehead atoms. The van der Waals surface area contributed by atoms with Crippen LogP contribution in [0.1, 0.15) is 38.2 Å². The zero-order chi connectivity index (χ0) is 18.3. The molecule has 1 heterocycles. The van der Waals surface area contributed by atoms with Crippen LogP contribution in [0, 0.1) is 0 Å². The fourth-order valence-corrected chi connectivity index (χ4v) is 3.43. The smallest absolute Gasteiger partial charge is 0.263 e. The van der Waals surface area contributed by atoms with E-state index in [2.05, 4.69) is 16.8 Å². The normalized spacial score (nSPS) is 12.6. The van der Waals surface area contributed by atoms with E-state index in [1.165, 1.54) is 5.56 Å². The van der Waals surface area contributed by atoms with Crippen molar-refractivity contribution in [3.8, 4) is 5.75 Å². The molecule has 1 atom stereocenters. The van der Waals surface area contributed by atoms with E-state index < -0.39 is 5.60 Å². The second kappa shape index (κ2) is 9.22. The standard InChI is InChI=1S/C19H24ClNO3S/c1-19(2,24-17-5-3-16(20)4-6-17)18(23)21-10-7-14(8-11-22)15-9-12-25-13-15/h3-6,9,12-14,22H,7-8,10-11H2,1-2H3,(H,21,23)/t14-/m0/s1. The van der Waals surface area contributed by atoms with Gasteiger partial charge in [0.05, 0.1) is 0 Å². The van der Waals surface area contributed by atoms with Gasteiger partial charge < -0.3 is 15.2 Å². The first-order valence-corrected chi connectivity index (χ1v) is 9.60. The summed E-state index contributed by atoms with van der Waals surface area (Å²) in [6.45, 7) is 4.15. The summed E-state index contributed by atoms with van der Waals surface area (Å²) in [5, 5.41) is 16.9. The fourth-order valence-electron chi connectivity index (χ4n) is 2.56. The van der Waals surface area contributed by atoms with Crippen molar-refractivity contribution in [2.24, 2.45) is 0 Å². The third-order valence-corrected chi connectivity index (χ3v) is 4.96. The number of aliphatic hydroxyl groups is 1. The first kappa shape index (κ1) is 19.8. The summed E-state index contributed by atoms with van der Waals surface area (Å²) in [6, 6.07) is 9.01. The highest BCUT2D eigenvalue weighted by atomic mass is 35.5. The van der Waals surface area contributed by atoms with Crippen molar-refractivity contribution < 1.29 is 14.6 Å². The van der Waals surface area contributed by atoms with Crippen LogP contribution in [0.15, 0.2) is 41.1 Å². The van der Waals surface area contributed by atoms with E-state index in [1.54, 1.807) is 49.4 Å². The van der Waals surface area contributed by atoms with Crippen LogP contribution >= 0.6 is 22.9 Å². The van der Waals surface area contributed by atoms with Crippen molar-refractivity contribution in [2.45, 2.75) is 38.2 Å². The van der Waals surface area contributed by atoms with E-state index in [9.17, 15) is 9.90 Å². The van der Waals surface area contributed by atoms with E-state index in [1.807, 2.05) is 5.38 Å². The Morgan fingerprint density at radius 3 is 2.60 bits per heavy atom. The Hall–Kier alpha value is -1.56. The van der Waals surface area contributed by atoms with Crippen LogP contribution < -0.4 is 10.1 Å². The van der Waals surface area contributed by atoms with Crippen molar-refractivity contribution in [3.63, 3.8) is 0 Å². The Bertz CT molecular complexity index is 656. The molecule has 0 radical (unpaired) electrons. The van der Waals surface area contributed by atoms with Gasteiger partial charge in [0.25, 0.3) is 5.91 Å². The lowest BCUT2D eigenvalue weighted by Gasteiger charge is -2.26. The molecular weight excluding hydrogens is 358 g/mol. The van der Waals surface area contributed by atoms with E-state index in [4.69, 9.17) is 16.3 Å². The van der Waals surface area contributed by atoms with Gasteiger partial charge in [-0.15, -0.1) is 0 Å². The highest BCUT2D eigenvalue weighted by molar-refractivity contribution is 7.07. The molecule has 1 amide bonds. The quantitative estimate of drug-likeness (QED) is 0.683. The second-order valence-electron chi connectivity index (χ2n) is 6.38. The Kier molecular flexibility index (Phi) is 7.29. The van der Waals surface area contributed by atoms with Gasteiger partial charge >= 0.3 is 0 Å². The van der Waals surface area contributed by atoms with Gasteiger partial charge in [0.2, 0.25) is 0 Å². The molecule has 0 spiro atoms. The molecule has 0 aliphatic rings. The summed E-state index contributed by atoms with van der Waals surface area (Å²) in [5.41, 5.74) is 0.229. The first-order valence-electron chi connectivity index (χ1n) is 8.28. The molecule has 0 aliphatic heterocycles. The summed E-state index contributed by atoms with van der Waals surface area (Å²) in [4.78, 5) is 12.5. The molecule has 0 saturated carbocycles. The van der Waals surface area contributed by atoms with Crippen LogP contribution in [0.25, 0.3) is 0 Å². The molecule has 0 unspecified atom stereocenters. The Morgan fingerprint density at radius 2 is 2.00 bits per heavy atom. The molecule has 1 aromatic heterocycles. The first-order chi connectivity index (χ1) is 11.9. The van der Waals surface area contributed by atoms with Crippen LogP contribution in [-0.2, 0) is 4.79 Å². The van der Waals surface area contributed by atoms with Crippen LogP contribution in [0.4, 0.5) is 0 Å². The number of rotatable bonds is 9. The summed E-state index contributed by atoms with van der Waals surface area (Å²) in [6.07, 6.45) is 1.47. The van der Waals surface area contributed by atoms with Gasteiger partial charge in [0.15, 0.2) is 5.60 Å². The van der Waals surface area contributed by atoms with Crippen molar-refractivity contribution in [3.05, 3.63) is 51.7 Å². The molecule has 6 heteroatoms. The minimum atomic E-state index is -0.983. The maximum Gasteiger partial charge on any atom is 0.263 e. The molecule has 2 rings (SSSR count). The Morgan fingerprint density at radius 1 is 1.28 bits per heavy atom. The molecule has 2 N–H and O–H groups in total. The fraction of sp³-hybridized carbons (Fsp3) is 0.421. The lowest BCUT2D eigenvalue weighted by Crippen LogP contribution is -2.47. The number of halogens is 1. The number of thiophene rings is 1.